The molecule has 0 saturated heterocycles. The van der Waals surface area contributed by atoms with E-state index in [1.54, 1.807) is 0 Å². The summed E-state index contributed by atoms with van der Waals surface area (Å²) in [6.07, 6.45) is 2.27. The molecule has 0 atom stereocenters. The Morgan fingerprint density at radius 3 is 2.04 bits per heavy atom. The van der Waals surface area contributed by atoms with Crippen LogP contribution in [0.4, 0.5) is 13.2 Å². The molecule has 0 aliphatic carbocycles. The van der Waals surface area contributed by atoms with Gasteiger partial charge in [-0.2, -0.15) is 13.2 Å². The maximum absolute atomic E-state index is 10.7. The lowest BCUT2D eigenvalue weighted by atomic mass is 10.1. The SMILES string of the molecule is C(=C\c1cccc2ccccc12)/[I+]c1ccccc1.O=S(=O)([O-])C(F)(F)F. The predicted molar refractivity (Wildman–Crippen MR) is 93.9 cm³/mol. The Labute approximate surface area is 165 Å². The van der Waals surface area contributed by atoms with Crippen molar-refractivity contribution < 1.29 is 47.3 Å². The predicted octanol–water partition coefficient (Wildman–Crippen LogP) is 1.82. The summed E-state index contributed by atoms with van der Waals surface area (Å²) in [6, 6.07) is 25.7. The second kappa shape index (κ2) is 9.34. The van der Waals surface area contributed by atoms with Crippen molar-refractivity contribution in [1.29, 1.82) is 0 Å². The summed E-state index contributed by atoms with van der Waals surface area (Å²) in [5.74, 6) is 0. The Morgan fingerprint density at radius 1 is 0.852 bits per heavy atom. The van der Waals surface area contributed by atoms with Crippen molar-refractivity contribution in [2.75, 3.05) is 0 Å². The minimum Gasteiger partial charge on any atom is -0.741 e. The van der Waals surface area contributed by atoms with E-state index in [1.807, 2.05) is 0 Å². The first-order valence-corrected chi connectivity index (χ1v) is 11.3. The van der Waals surface area contributed by atoms with Crippen molar-refractivity contribution >= 4 is 27.0 Å². The van der Waals surface area contributed by atoms with Crippen molar-refractivity contribution in [3.8, 4) is 0 Å². The highest BCUT2D eigenvalue weighted by Gasteiger charge is 2.36. The molecule has 3 aromatic rings. The van der Waals surface area contributed by atoms with Gasteiger partial charge in [0.15, 0.2) is 17.8 Å². The van der Waals surface area contributed by atoms with E-state index in [-0.39, 0.29) is 21.2 Å². The van der Waals surface area contributed by atoms with Crippen molar-refractivity contribution in [2.45, 2.75) is 5.51 Å². The third-order valence-corrected chi connectivity index (χ3v) is 6.00. The van der Waals surface area contributed by atoms with E-state index < -0.39 is 15.6 Å². The molecule has 3 rings (SSSR count). The quantitative estimate of drug-likeness (QED) is 0.310. The molecule has 0 saturated carbocycles. The fourth-order valence-electron chi connectivity index (χ4n) is 2.06. The van der Waals surface area contributed by atoms with Crippen LogP contribution in [0.3, 0.4) is 0 Å². The minimum atomic E-state index is -6.09. The van der Waals surface area contributed by atoms with Crippen LogP contribution in [0.5, 0.6) is 0 Å². The molecule has 0 bridgehead atoms. The molecule has 0 radical (unpaired) electrons. The van der Waals surface area contributed by atoms with Gasteiger partial charge in [0.05, 0.1) is 0 Å². The topological polar surface area (TPSA) is 57.2 Å². The zero-order chi connectivity index (χ0) is 19.9. The number of halogens is 4. The Kier molecular flexibility index (Phi) is 7.40. The fourth-order valence-corrected chi connectivity index (χ4v) is 3.87. The summed E-state index contributed by atoms with van der Waals surface area (Å²) in [4.78, 5) is 0. The zero-order valence-corrected chi connectivity index (χ0v) is 16.7. The largest absolute Gasteiger partial charge is 0.741 e. The number of fused-ring (bicyclic) bond motifs is 1. The lowest BCUT2D eigenvalue weighted by molar-refractivity contribution is -0.555. The molecule has 0 spiro atoms. The molecule has 0 amide bonds. The van der Waals surface area contributed by atoms with Crippen LogP contribution in [0.1, 0.15) is 5.56 Å². The van der Waals surface area contributed by atoms with Gasteiger partial charge >= 0.3 is 26.7 Å². The smallest absolute Gasteiger partial charge is 0.485 e. The highest BCUT2D eigenvalue weighted by Crippen LogP contribution is 2.20. The van der Waals surface area contributed by atoms with Crippen LogP contribution in [0.25, 0.3) is 16.8 Å². The van der Waals surface area contributed by atoms with Crippen molar-refractivity contribution in [2.24, 2.45) is 0 Å². The Hall–Kier alpha value is -1.91. The third kappa shape index (κ3) is 6.64. The first-order valence-electron chi connectivity index (χ1n) is 7.53. The van der Waals surface area contributed by atoms with Crippen molar-refractivity contribution in [1.82, 2.24) is 0 Å². The van der Waals surface area contributed by atoms with Crippen LogP contribution in [0.2, 0.25) is 0 Å². The maximum atomic E-state index is 10.7. The normalized spacial score (nSPS) is 12.0. The van der Waals surface area contributed by atoms with Crippen molar-refractivity contribution in [3.63, 3.8) is 0 Å². The first-order chi connectivity index (χ1) is 12.7. The highest BCUT2D eigenvalue weighted by atomic mass is 127. The number of hydrogen-bond donors (Lipinski definition) is 0. The van der Waals surface area contributed by atoms with Gasteiger partial charge in [0.25, 0.3) is 0 Å². The van der Waals surface area contributed by atoms with Gasteiger partial charge in [0.2, 0.25) is 0 Å². The van der Waals surface area contributed by atoms with Crippen LogP contribution >= 0.6 is 0 Å². The molecule has 3 nitrogen and oxygen atoms in total. The zero-order valence-electron chi connectivity index (χ0n) is 13.7. The van der Waals surface area contributed by atoms with Crippen LogP contribution in [-0.2, 0) is 10.1 Å². The monoisotopic (exact) mass is 506 g/mol. The van der Waals surface area contributed by atoms with E-state index in [0.717, 1.165) is 0 Å². The molecule has 0 aliphatic heterocycles. The first kappa shape index (κ1) is 21.4. The second-order valence-corrected chi connectivity index (χ2v) is 9.12. The Bertz CT molecular complexity index is 1010. The third-order valence-electron chi connectivity index (χ3n) is 3.27. The van der Waals surface area contributed by atoms with E-state index in [1.165, 1.54) is 19.9 Å². The van der Waals surface area contributed by atoms with Gasteiger partial charge in [0.1, 0.15) is 0 Å². The summed E-state index contributed by atoms with van der Waals surface area (Å²) in [5.41, 5.74) is -4.33. The molecule has 0 N–H and O–H groups in total. The lowest BCUT2D eigenvalue weighted by Gasteiger charge is -2.08. The van der Waals surface area contributed by atoms with E-state index >= 15 is 0 Å². The lowest BCUT2D eigenvalue weighted by Crippen LogP contribution is -3.59. The van der Waals surface area contributed by atoms with Gasteiger partial charge in [-0.1, -0.05) is 60.7 Å². The molecule has 8 heteroatoms. The number of hydrogen-bond acceptors (Lipinski definition) is 3. The van der Waals surface area contributed by atoms with E-state index in [0.29, 0.717) is 0 Å². The summed E-state index contributed by atoms with van der Waals surface area (Å²) in [5, 5.41) is 2.64. The van der Waals surface area contributed by atoms with Gasteiger partial charge in [-0.25, -0.2) is 8.42 Å². The van der Waals surface area contributed by atoms with Crippen LogP contribution in [0, 0.1) is 3.57 Å². The minimum absolute atomic E-state index is 0.0362. The van der Waals surface area contributed by atoms with Crippen LogP contribution in [0.15, 0.2) is 76.9 Å². The molecule has 142 valence electrons. The molecule has 0 unspecified atom stereocenters. The molecule has 0 aliphatic rings. The molecule has 3 aromatic carbocycles. The summed E-state index contributed by atoms with van der Waals surface area (Å²) < 4.78 is 62.7. The molecular weight excluding hydrogens is 492 g/mol. The summed E-state index contributed by atoms with van der Waals surface area (Å²) >= 11 is -0.0362. The molecule has 0 heterocycles. The number of alkyl halides is 3. The maximum Gasteiger partial charge on any atom is 0.485 e. The van der Waals surface area contributed by atoms with E-state index in [4.69, 9.17) is 13.0 Å². The van der Waals surface area contributed by atoms with E-state index in [9.17, 15) is 13.2 Å². The number of rotatable bonds is 3. The molecular formula is C19H14F3IO3S. The average Bonchev–Trinajstić information content (AvgIpc) is 2.62. The summed E-state index contributed by atoms with van der Waals surface area (Å²) in [6.45, 7) is 0. The van der Waals surface area contributed by atoms with Gasteiger partial charge in [-0.3, -0.25) is 0 Å². The highest BCUT2D eigenvalue weighted by molar-refractivity contribution is 7.86. The summed E-state index contributed by atoms with van der Waals surface area (Å²) in [7, 11) is -6.09. The van der Waals surface area contributed by atoms with Gasteiger partial charge in [-0.15, -0.1) is 0 Å². The molecule has 0 fully saturated rings. The van der Waals surface area contributed by atoms with Gasteiger partial charge < -0.3 is 4.55 Å². The van der Waals surface area contributed by atoms with Gasteiger partial charge in [0, 0.05) is 0 Å². The number of benzene rings is 3. The standard InChI is InChI=1S/C18H14I.CHF3O3S/c1-2-10-17(11-3-1)19-14-13-16-9-6-8-15-7-4-5-12-18(15)16;2-1(3,4)8(5,6)7/h1-14H;(H,5,6,7)/q+1;/p-1/b14-13+;. The van der Waals surface area contributed by atoms with E-state index in [2.05, 4.69) is 83.0 Å². The molecule has 0 aromatic heterocycles. The molecule has 27 heavy (non-hydrogen) atoms. The Morgan fingerprint density at radius 2 is 1.41 bits per heavy atom. The van der Waals surface area contributed by atoms with Gasteiger partial charge in [-0.05, 0) is 34.5 Å². The van der Waals surface area contributed by atoms with Crippen molar-refractivity contribution in [3.05, 3.63) is 86.0 Å². The fraction of sp³-hybridized carbons (Fsp3) is 0.0526. The van der Waals surface area contributed by atoms with Crippen LogP contribution in [-0.4, -0.2) is 18.5 Å². The average molecular weight is 506 g/mol. The Balaban J connectivity index is 0.000000279. The van der Waals surface area contributed by atoms with Crippen LogP contribution < -0.4 is 21.2 Å². The second-order valence-electron chi connectivity index (χ2n) is 5.17.